The van der Waals surface area contributed by atoms with Crippen LogP contribution in [0, 0.1) is 0 Å². The van der Waals surface area contributed by atoms with Gasteiger partial charge in [0.05, 0.1) is 0 Å². The van der Waals surface area contributed by atoms with E-state index < -0.39 is 16.5 Å². The summed E-state index contributed by atoms with van der Waals surface area (Å²) in [5, 5.41) is 0. The normalized spacial score (nSPS) is 13.8. The average Bonchev–Trinajstić information content (AvgIpc) is 2.26. The molecule has 0 bridgehead atoms. The monoisotopic (exact) mass is 387 g/mol. The number of nitrogens with two attached hydrogens (primary N) is 1. The third kappa shape index (κ3) is 3.96. The summed E-state index contributed by atoms with van der Waals surface area (Å²) in [6.07, 6.45) is 1.95. The van der Waals surface area contributed by atoms with E-state index in [2.05, 4.69) is 0 Å². The van der Waals surface area contributed by atoms with Gasteiger partial charge in [-0.15, -0.1) is 0 Å². The van der Waals surface area contributed by atoms with Crippen LogP contribution in [0.4, 0.5) is 0 Å². The molecule has 0 aliphatic rings. The third-order valence-corrected chi connectivity index (χ3v) is 11.8. The molecule has 1 atom stereocenters. The maximum absolute atomic E-state index is 6.37. The first kappa shape index (κ1) is 14.9. The van der Waals surface area contributed by atoms with Gasteiger partial charge in [0, 0.05) is 0 Å². The molecule has 1 aromatic carbocycles. The molecule has 0 radical (unpaired) electrons. The minimum atomic E-state index is -3.64. The molecule has 90 valence electrons. The summed E-state index contributed by atoms with van der Waals surface area (Å²) in [5.41, 5.74) is 6.89. The van der Waals surface area contributed by atoms with Crippen LogP contribution >= 0.6 is 29.6 Å². The molecule has 16 heavy (non-hydrogen) atoms. The summed E-state index contributed by atoms with van der Waals surface area (Å²) >= 11 is -2.08. The molecular formula is C10H15Cl2NOSSn. The Morgan fingerprint density at radius 2 is 2.06 bits per heavy atom. The Balaban J connectivity index is 3.01. The van der Waals surface area contributed by atoms with E-state index in [4.69, 9.17) is 26.7 Å². The molecule has 0 aliphatic carbocycles. The molecule has 2 nitrogen and oxygen atoms in total. The third-order valence-electron chi connectivity index (χ3n) is 2.12. The van der Waals surface area contributed by atoms with Crippen molar-refractivity contribution < 1.29 is 3.07 Å². The molecule has 0 heterocycles. The van der Waals surface area contributed by atoms with Gasteiger partial charge in [-0.25, -0.2) is 0 Å². The van der Waals surface area contributed by atoms with Gasteiger partial charge in [0.1, 0.15) is 0 Å². The van der Waals surface area contributed by atoms with E-state index in [9.17, 15) is 0 Å². The molecule has 2 N–H and O–H groups in total. The van der Waals surface area contributed by atoms with Crippen LogP contribution < -0.4 is 9.31 Å². The van der Waals surface area contributed by atoms with Crippen LogP contribution in [0.5, 0.6) is 0 Å². The molecule has 0 aromatic heterocycles. The quantitative estimate of drug-likeness (QED) is 0.624. The zero-order chi connectivity index (χ0) is 12.2. The van der Waals surface area contributed by atoms with Crippen LogP contribution in [0.3, 0.4) is 0 Å². The summed E-state index contributed by atoms with van der Waals surface area (Å²) < 4.78 is 6.52. The van der Waals surface area contributed by atoms with Crippen molar-refractivity contribution in [1.29, 1.82) is 0 Å². The summed E-state index contributed by atoms with van der Waals surface area (Å²) in [6.45, 7) is 1.92. The first-order chi connectivity index (χ1) is 7.49. The van der Waals surface area contributed by atoms with Gasteiger partial charge in [-0.2, -0.15) is 0 Å². The second-order valence-corrected chi connectivity index (χ2v) is 18.0. The molecule has 0 fully saturated rings. The number of hydrogen-bond acceptors (Lipinski definition) is 3. The van der Waals surface area contributed by atoms with Crippen molar-refractivity contribution in [3.05, 3.63) is 29.8 Å². The van der Waals surface area contributed by atoms with Gasteiger partial charge in [0.2, 0.25) is 0 Å². The van der Waals surface area contributed by atoms with Gasteiger partial charge in [-0.3, -0.25) is 0 Å². The second-order valence-electron chi connectivity index (χ2n) is 3.44. The standard InChI is InChI=1S/C8H10N.C2H5OS.2ClH.Sn/c1-7(9)8-5-3-2-4-6-8;1-4-2-3;;;/h2-5,7H,9H2,1H3;2H2,1H3;2*1H;/q;-1;;;+3/p-2. The topological polar surface area (TPSA) is 35.2 Å². The van der Waals surface area contributed by atoms with Crippen LogP contribution in [0.15, 0.2) is 24.3 Å². The van der Waals surface area contributed by atoms with Crippen LogP contribution in [-0.2, 0) is 3.07 Å². The van der Waals surface area contributed by atoms with Crippen molar-refractivity contribution in [3.63, 3.8) is 0 Å². The van der Waals surface area contributed by atoms with Crippen molar-refractivity contribution in [2.75, 3.05) is 12.2 Å². The van der Waals surface area contributed by atoms with E-state index in [-0.39, 0.29) is 6.04 Å². The van der Waals surface area contributed by atoms with Crippen molar-refractivity contribution in [2.24, 2.45) is 5.73 Å². The van der Waals surface area contributed by atoms with Gasteiger partial charge in [-0.1, -0.05) is 0 Å². The van der Waals surface area contributed by atoms with Gasteiger partial charge in [-0.05, 0) is 0 Å². The van der Waals surface area contributed by atoms with Crippen LogP contribution in [-0.4, -0.2) is 28.7 Å². The Labute approximate surface area is 113 Å². The molecule has 0 saturated heterocycles. The predicted octanol–water partition coefficient (Wildman–Crippen LogP) is 2.67. The molecule has 1 unspecified atom stereocenters. The van der Waals surface area contributed by atoms with E-state index in [1.54, 1.807) is 11.8 Å². The Hall–Kier alpha value is 0.869. The van der Waals surface area contributed by atoms with Crippen molar-refractivity contribution >= 4 is 49.7 Å². The summed E-state index contributed by atoms with van der Waals surface area (Å²) in [5.74, 6) is 0.524. The number of benzene rings is 1. The molecular weight excluding hydrogens is 372 g/mol. The van der Waals surface area contributed by atoms with Crippen molar-refractivity contribution in [2.45, 2.75) is 13.0 Å². The van der Waals surface area contributed by atoms with E-state index in [1.807, 2.05) is 37.4 Å². The maximum atomic E-state index is 6.37. The van der Waals surface area contributed by atoms with Crippen LogP contribution in [0.2, 0.25) is 0 Å². The zero-order valence-corrected chi connectivity index (χ0v) is 14.4. The Bertz CT molecular complexity index is 349. The SMILES string of the molecule is CSC[O][Sn]([Cl])([Cl])[c]1ccccc1C(C)N. The average molecular weight is 387 g/mol. The van der Waals surface area contributed by atoms with Crippen LogP contribution in [0.1, 0.15) is 18.5 Å². The Kier molecular flexibility index (Phi) is 6.26. The summed E-state index contributed by atoms with van der Waals surface area (Å²) in [7, 11) is 12.7. The number of hydrogen-bond donors (Lipinski definition) is 1. The fourth-order valence-electron chi connectivity index (χ4n) is 1.37. The van der Waals surface area contributed by atoms with Gasteiger partial charge in [0.25, 0.3) is 0 Å². The molecule has 1 rings (SSSR count). The van der Waals surface area contributed by atoms with E-state index >= 15 is 0 Å². The predicted molar refractivity (Wildman–Crippen MR) is 75.6 cm³/mol. The van der Waals surface area contributed by atoms with Gasteiger partial charge in [0.15, 0.2) is 0 Å². The van der Waals surface area contributed by atoms with Gasteiger partial charge >= 0.3 is 114 Å². The summed E-state index contributed by atoms with van der Waals surface area (Å²) in [6, 6.07) is 7.66. The fourth-order valence-corrected chi connectivity index (χ4v) is 11.1. The zero-order valence-electron chi connectivity index (χ0n) is 9.24. The number of rotatable bonds is 5. The second kappa shape index (κ2) is 6.71. The molecule has 0 saturated carbocycles. The van der Waals surface area contributed by atoms with E-state index in [0.29, 0.717) is 5.94 Å². The first-order valence-corrected chi connectivity index (χ1v) is 16.1. The molecule has 1 aromatic rings. The van der Waals surface area contributed by atoms with E-state index in [1.165, 1.54) is 0 Å². The molecule has 6 heteroatoms. The van der Waals surface area contributed by atoms with Crippen molar-refractivity contribution in [1.82, 2.24) is 0 Å². The first-order valence-electron chi connectivity index (χ1n) is 4.84. The Morgan fingerprint density at radius 3 is 2.62 bits per heavy atom. The number of thioether (sulfide) groups is 1. The number of halogens is 2. The van der Waals surface area contributed by atoms with Gasteiger partial charge < -0.3 is 0 Å². The minimum absolute atomic E-state index is 0.0809. The Morgan fingerprint density at radius 1 is 1.44 bits per heavy atom. The fraction of sp³-hybridized carbons (Fsp3) is 0.400. The molecule has 0 spiro atoms. The molecule has 0 amide bonds. The summed E-state index contributed by atoms with van der Waals surface area (Å²) in [4.78, 5) is 0. The van der Waals surface area contributed by atoms with Crippen LogP contribution in [0.25, 0.3) is 0 Å². The van der Waals surface area contributed by atoms with E-state index in [0.717, 1.165) is 9.14 Å². The van der Waals surface area contributed by atoms with Crippen molar-refractivity contribution in [3.8, 4) is 0 Å². The molecule has 0 aliphatic heterocycles.